The molecule has 1 aromatic carbocycles. The molecule has 184 valence electrons. The van der Waals surface area contributed by atoms with Gasteiger partial charge in [0.15, 0.2) is 0 Å². The van der Waals surface area contributed by atoms with Crippen LogP contribution in [0, 0.1) is 11.3 Å². The van der Waals surface area contributed by atoms with Crippen molar-refractivity contribution in [1.29, 1.82) is 0 Å². The molecule has 10 heteroatoms. The number of piperazine rings is 1. The van der Waals surface area contributed by atoms with Crippen LogP contribution in [-0.2, 0) is 19.1 Å². The number of anilines is 1. The number of amides is 3. The number of carbonyl (C=O) groups excluding carboxylic acids is 3. The summed E-state index contributed by atoms with van der Waals surface area (Å²) in [7, 11) is 0. The number of likely N-dealkylation sites (tertiary alicyclic amines) is 1. The minimum atomic E-state index is -1.00. The van der Waals surface area contributed by atoms with Crippen molar-refractivity contribution in [3.05, 3.63) is 30.3 Å². The number of nitrogens with zero attached hydrogens (tertiary/aromatic N) is 3. The van der Waals surface area contributed by atoms with E-state index in [4.69, 9.17) is 9.47 Å². The lowest BCUT2D eigenvalue weighted by Crippen LogP contribution is -2.63. The molecule has 0 bridgehead atoms. The third-order valence-electron chi connectivity index (χ3n) is 7.64. The quantitative estimate of drug-likeness (QED) is 0.501. The van der Waals surface area contributed by atoms with Gasteiger partial charge in [0, 0.05) is 44.8 Å². The van der Waals surface area contributed by atoms with Gasteiger partial charge >= 0.3 is 6.09 Å². The Labute approximate surface area is 198 Å². The Hall–Kier alpha value is -2.85. The van der Waals surface area contributed by atoms with Crippen LogP contribution >= 0.6 is 0 Å². The molecule has 1 aliphatic carbocycles. The summed E-state index contributed by atoms with van der Waals surface area (Å²) >= 11 is 0. The molecule has 3 amide bonds. The van der Waals surface area contributed by atoms with Crippen molar-refractivity contribution in [2.75, 3.05) is 50.8 Å². The standard InChI is InChI=1S/C24H32N4O6/c29-21(25-32)19-14-24(7-8-24)16-28(23(31)34-18-6-13-33-15-18)20(19)22(30)27-11-9-26(10-12-27)17-4-2-1-3-5-17/h1-5,18-20,32H,6-16H2,(H,25,29)/t18-,19?,20?/m0/s1. The van der Waals surface area contributed by atoms with Crippen LogP contribution in [0.3, 0.4) is 0 Å². The van der Waals surface area contributed by atoms with Gasteiger partial charge in [0.2, 0.25) is 11.8 Å². The average Bonchev–Trinajstić information content (AvgIpc) is 3.41. The summed E-state index contributed by atoms with van der Waals surface area (Å²) in [5, 5.41) is 9.42. The molecule has 2 N–H and O–H groups in total. The van der Waals surface area contributed by atoms with Crippen LogP contribution in [0.4, 0.5) is 10.5 Å². The fraction of sp³-hybridized carbons (Fsp3) is 0.625. The monoisotopic (exact) mass is 472 g/mol. The second-order valence-corrected chi connectivity index (χ2v) is 9.88. The van der Waals surface area contributed by atoms with Crippen molar-refractivity contribution in [3.8, 4) is 0 Å². The third kappa shape index (κ3) is 4.56. The first kappa shape index (κ1) is 22.9. The summed E-state index contributed by atoms with van der Waals surface area (Å²) in [5.74, 6) is -1.72. The maximum absolute atomic E-state index is 13.8. The molecule has 1 aromatic rings. The summed E-state index contributed by atoms with van der Waals surface area (Å²) in [6, 6.07) is 9.02. The second kappa shape index (κ2) is 9.42. The normalized spacial score (nSPS) is 28.0. The lowest BCUT2D eigenvalue weighted by atomic mass is 9.80. The van der Waals surface area contributed by atoms with Gasteiger partial charge in [-0.25, -0.2) is 10.3 Å². The van der Waals surface area contributed by atoms with Gasteiger partial charge in [-0.2, -0.15) is 0 Å². The van der Waals surface area contributed by atoms with E-state index in [0.717, 1.165) is 18.5 Å². The fourth-order valence-electron chi connectivity index (χ4n) is 5.49. The van der Waals surface area contributed by atoms with E-state index in [1.54, 1.807) is 10.4 Å². The van der Waals surface area contributed by atoms with E-state index < -0.39 is 24.0 Å². The topological polar surface area (TPSA) is 112 Å². The van der Waals surface area contributed by atoms with Crippen LogP contribution in [-0.4, -0.2) is 91.0 Å². The highest BCUT2D eigenvalue weighted by Crippen LogP contribution is 2.55. The Balaban J connectivity index is 1.34. The van der Waals surface area contributed by atoms with Crippen molar-refractivity contribution < 1.29 is 29.1 Å². The lowest BCUT2D eigenvalue weighted by Gasteiger charge is -2.45. The number of piperidine rings is 1. The number of carbonyl (C=O) groups is 3. The first-order valence-electron chi connectivity index (χ1n) is 12.1. The average molecular weight is 473 g/mol. The third-order valence-corrected chi connectivity index (χ3v) is 7.64. The van der Waals surface area contributed by atoms with E-state index >= 15 is 0 Å². The van der Waals surface area contributed by atoms with E-state index in [1.165, 1.54) is 4.90 Å². The van der Waals surface area contributed by atoms with Crippen molar-refractivity contribution in [2.24, 2.45) is 11.3 Å². The number of nitrogens with one attached hydrogen (secondary N) is 1. The molecule has 3 heterocycles. The summed E-state index contributed by atoms with van der Waals surface area (Å²) in [5.41, 5.74) is 2.64. The molecule has 0 aromatic heterocycles. The molecule has 3 saturated heterocycles. The van der Waals surface area contributed by atoms with Gasteiger partial charge in [-0.3, -0.25) is 19.7 Å². The van der Waals surface area contributed by atoms with E-state index in [-0.39, 0.29) is 17.4 Å². The molecule has 1 saturated carbocycles. The molecule has 5 rings (SSSR count). The highest BCUT2D eigenvalue weighted by atomic mass is 16.6. The fourth-order valence-corrected chi connectivity index (χ4v) is 5.49. The number of benzene rings is 1. The van der Waals surface area contributed by atoms with Crippen LogP contribution in [0.1, 0.15) is 25.7 Å². The van der Waals surface area contributed by atoms with E-state index in [9.17, 15) is 19.6 Å². The van der Waals surface area contributed by atoms with Crippen LogP contribution in [0.5, 0.6) is 0 Å². The highest BCUT2D eigenvalue weighted by Gasteiger charge is 2.58. The molecular weight excluding hydrogens is 440 g/mol. The predicted octanol–water partition coefficient (Wildman–Crippen LogP) is 1.24. The summed E-state index contributed by atoms with van der Waals surface area (Å²) in [6.07, 6.45) is 1.92. The minimum absolute atomic E-state index is 0.189. The number of rotatable bonds is 4. The van der Waals surface area contributed by atoms with Crippen LogP contribution in [0.25, 0.3) is 0 Å². The summed E-state index contributed by atoms with van der Waals surface area (Å²) < 4.78 is 11.0. The zero-order valence-corrected chi connectivity index (χ0v) is 19.2. The van der Waals surface area contributed by atoms with Crippen LogP contribution in [0.2, 0.25) is 0 Å². The number of hydrogen-bond donors (Lipinski definition) is 2. The second-order valence-electron chi connectivity index (χ2n) is 9.88. The first-order valence-corrected chi connectivity index (χ1v) is 12.1. The SMILES string of the molecule is O=C(NO)C1CC2(CC2)CN(C(=O)O[C@H]2CCOC2)C1C(=O)N1CCN(c2ccccc2)CC1. The maximum atomic E-state index is 13.8. The van der Waals surface area contributed by atoms with E-state index in [1.807, 2.05) is 30.3 Å². The largest absolute Gasteiger partial charge is 0.444 e. The number of hydroxylamine groups is 1. The molecule has 1 spiro atoms. The predicted molar refractivity (Wildman–Crippen MR) is 121 cm³/mol. The van der Waals surface area contributed by atoms with Crippen molar-refractivity contribution in [1.82, 2.24) is 15.3 Å². The Kier molecular flexibility index (Phi) is 6.35. The first-order chi connectivity index (χ1) is 16.5. The number of para-hydroxylation sites is 1. The Morgan fingerprint density at radius 2 is 1.82 bits per heavy atom. The Morgan fingerprint density at radius 1 is 1.09 bits per heavy atom. The zero-order valence-electron chi connectivity index (χ0n) is 19.2. The van der Waals surface area contributed by atoms with Gasteiger partial charge < -0.3 is 19.3 Å². The molecule has 3 aliphatic heterocycles. The van der Waals surface area contributed by atoms with Crippen LogP contribution < -0.4 is 10.4 Å². The van der Waals surface area contributed by atoms with Gasteiger partial charge in [-0.05, 0) is 36.8 Å². The van der Waals surface area contributed by atoms with Crippen molar-refractivity contribution in [2.45, 2.75) is 37.8 Å². The van der Waals surface area contributed by atoms with Gasteiger partial charge in [0.1, 0.15) is 12.1 Å². The van der Waals surface area contributed by atoms with Crippen LogP contribution in [0.15, 0.2) is 30.3 Å². The van der Waals surface area contributed by atoms with Gasteiger partial charge in [-0.1, -0.05) is 18.2 Å². The molecule has 2 unspecified atom stereocenters. The van der Waals surface area contributed by atoms with E-state index in [0.29, 0.717) is 58.8 Å². The molecule has 3 atom stereocenters. The van der Waals surface area contributed by atoms with Gasteiger partial charge in [0.05, 0.1) is 19.1 Å². The molecule has 10 nitrogen and oxygen atoms in total. The van der Waals surface area contributed by atoms with Gasteiger partial charge in [-0.15, -0.1) is 0 Å². The van der Waals surface area contributed by atoms with E-state index in [2.05, 4.69) is 4.90 Å². The molecule has 4 aliphatic rings. The Bertz CT molecular complexity index is 909. The summed E-state index contributed by atoms with van der Waals surface area (Å²) in [6.45, 7) is 3.55. The molecule has 4 fully saturated rings. The molecule has 0 radical (unpaired) electrons. The Morgan fingerprint density at radius 3 is 2.44 bits per heavy atom. The van der Waals surface area contributed by atoms with Crippen molar-refractivity contribution in [3.63, 3.8) is 0 Å². The zero-order chi connectivity index (χ0) is 23.7. The van der Waals surface area contributed by atoms with Gasteiger partial charge in [0.25, 0.3) is 0 Å². The minimum Gasteiger partial charge on any atom is -0.444 e. The lowest BCUT2D eigenvalue weighted by molar-refractivity contribution is -0.150. The molecular formula is C24H32N4O6. The maximum Gasteiger partial charge on any atom is 0.410 e. The smallest absolute Gasteiger partial charge is 0.410 e. The number of hydrogen-bond acceptors (Lipinski definition) is 7. The highest BCUT2D eigenvalue weighted by molar-refractivity contribution is 5.93. The van der Waals surface area contributed by atoms with Crippen molar-refractivity contribution >= 4 is 23.6 Å². The summed E-state index contributed by atoms with van der Waals surface area (Å²) in [4.78, 5) is 45.1. The molecule has 34 heavy (non-hydrogen) atoms. The number of ether oxygens (including phenoxy) is 2.